The molecule has 3 aliphatic rings. The smallest absolute Gasteiger partial charge is 0.421 e. The van der Waals surface area contributed by atoms with Gasteiger partial charge in [0.1, 0.15) is 29.0 Å². The highest BCUT2D eigenvalue weighted by atomic mass is 19.4. The Morgan fingerprint density at radius 2 is 2.00 bits per heavy atom. The summed E-state index contributed by atoms with van der Waals surface area (Å²) in [6, 6.07) is -0.781. The molecule has 1 amide bonds. The highest BCUT2D eigenvalue weighted by Gasteiger charge is 2.38. The fraction of sp³-hybridized carbons (Fsp3) is 0.481. The maximum Gasteiger partial charge on any atom is 0.421 e. The van der Waals surface area contributed by atoms with Gasteiger partial charge in [-0.1, -0.05) is 12.7 Å². The SMILES string of the molecule is C=CC(=O)NC1=CC(C)(Nc2nc(NC3C(OC)=CC(N4CCN(C)CC4)=NC3C)ncc2C(F)(F)F)CC=C1. The number of methoxy groups -OCH3 is 1. The number of amides is 1. The van der Waals surface area contributed by atoms with Crippen LogP contribution >= 0.6 is 0 Å². The number of alkyl halides is 3. The van der Waals surface area contributed by atoms with Crippen LogP contribution in [0.3, 0.4) is 0 Å². The second-order valence-electron chi connectivity index (χ2n) is 10.3. The van der Waals surface area contributed by atoms with E-state index in [1.165, 1.54) is 0 Å². The molecule has 1 aliphatic carbocycles. The number of halogens is 3. The molecule has 0 spiro atoms. The van der Waals surface area contributed by atoms with E-state index in [0.29, 0.717) is 17.9 Å². The van der Waals surface area contributed by atoms with Crippen LogP contribution < -0.4 is 16.0 Å². The summed E-state index contributed by atoms with van der Waals surface area (Å²) in [5, 5.41) is 8.68. The number of amidine groups is 1. The van der Waals surface area contributed by atoms with Gasteiger partial charge in [-0.25, -0.2) is 4.98 Å². The lowest BCUT2D eigenvalue weighted by Crippen LogP contribution is -2.49. The summed E-state index contributed by atoms with van der Waals surface area (Å²) in [6.45, 7) is 10.6. The number of hydrogen-bond acceptors (Lipinski definition) is 9. The predicted octanol–water partition coefficient (Wildman–Crippen LogP) is 3.17. The molecule has 1 fully saturated rings. The number of hydrogen-bond donors (Lipinski definition) is 3. The largest absolute Gasteiger partial charge is 0.499 e. The fourth-order valence-electron chi connectivity index (χ4n) is 4.76. The average Bonchev–Trinajstić information content (AvgIpc) is 2.89. The van der Waals surface area contributed by atoms with Crippen molar-refractivity contribution in [3.8, 4) is 0 Å². The number of nitrogens with one attached hydrogen (secondary N) is 3. The Bertz CT molecular complexity index is 1250. The van der Waals surface area contributed by atoms with Crippen molar-refractivity contribution in [3.05, 3.63) is 60.2 Å². The molecule has 0 aromatic carbocycles. The molecule has 0 saturated carbocycles. The van der Waals surface area contributed by atoms with Crippen LogP contribution in [0.1, 0.15) is 25.8 Å². The normalized spacial score (nSPS) is 25.4. The van der Waals surface area contributed by atoms with E-state index in [1.807, 2.05) is 13.0 Å². The number of nitrogens with zero attached hydrogens (tertiary/aromatic N) is 5. The van der Waals surface area contributed by atoms with Gasteiger partial charge in [0.15, 0.2) is 0 Å². The Morgan fingerprint density at radius 3 is 2.65 bits per heavy atom. The van der Waals surface area contributed by atoms with Gasteiger partial charge in [-0.3, -0.25) is 9.79 Å². The van der Waals surface area contributed by atoms with Crippen molar-refractivity contribution >= 4 is 23.5 Å². The third-order valence-electron chi connectivity index (χ3n) is 7.01. The summed E-state index contributed by atoms with van der Waals surface area (Å²) in [7, 11) is 3.63. The number of anilines is 2. The Balaban J connectivity index is 1.58. The molecule has 13 heteroatoms. The first-order chi connectivity index (χ1) is 18.9. The van der Waals surface area contributed by atoms with Crippen molar-refractivity contribution in [2.45, 2.75) is 44.1 Å². The summed E-state index contributed by atoms with van der Waals surface area (Å²) >= 11 is 0. The van der Waals surface area contributed by atoms with Crippen molar-refractivity contribution in [3.63, 3.8) is 0 Å². The van der Waals surface area contributed by atoms with Gasteiger partial charge in [0.25, 0.3) is 0 Å². The Hall–Kier alpha value is -3.87. The second kappa shape index (κ2) is 11.7. The lowest BCUT2D eigenvalue weighted by Gasteiger charge is -2.37. The topological polar surface area (TPSA) is 107 Å². The number of carbonyl (C=O) groups is 1. The van der Waals surface area contributed by atoms with Crippen molar-refractivity contribution in [1.29, 1.82) is 0 Å². The monoisotopic (exact) mass is 560 g/mol. The number of rotatable bonds is 7. The fourth-order valence-corrected chi connectivity index (χ4v) is 4.76. The summed E-state index contributed by atoms with van der Waals surface area (Å²) in [5.74, 6) is 0.584. The standard InChI is InChI=1S/C27H35F3N8O2/c1-6-22(39)33-18-8-7-9-26(3,15-18)36-24-19(27(28,29)30)16-31-25(35-24)34-23-17(2)32-21(14-20(23)40-5)38-12-10-37(4)11-13-38/h6-8,14-17,23H,1,9-13H2,2-5H3,(H,33,39)(H2,31,34,35,36). The van der Waals surface area contributed by atoms with Gasteiger partial charge in [0.2, 0.25) is 11.9 Å². The number of likely N-dealkylation sites (N-methyl/N-ethyl adjacent to an activating group) is 1. The van der Waals surface area contributed by atoms with Crippen LogP contribution in [-0.2, 0) is 15.7 Å². The predicted molar refractivity (Wildman–Crippen MR) is 148 cm³/mol. The molecule has 3 heterocycles. The molecule has 0 radical (unpaired) electrons. The summed E-state index contributed by atoms with van der Waals surface area (Å²) in [4.78, 5) is 29.2. The van der Waals surface area contributed by atoms with Gasteiger partial charge < -0.3 is 30.5 Å². The molecular formula is C27H35F3N8O2. The number of carbonyl (C=O) groups excluding carboxylic acids is 1. The van der Waals surface area contributed by atoms with Gasteiger partial charge in [-0.15, -0.1) is 0 Å². The van der Waals surface area contributed by atoms with E-state index in [-0.39, 0.29) is 17.8 Å². The molecule has 40 heavy (non-hydrogen) atoms. The van der Waals surface area contributed by atoms with Gasteiger partial charge in [-0.05, 0) is 45.5 Å². The van der Waals surface area contributed by atoms with Gasteiger partial charge in [0.05, 0.1) is 18.7 Å². The summed E-state index contributed by atoms with van der Waals surface area (Å²) in [5.41, 5.74) is -1.54. The van der Waals surface area contributed by atoms with Gasteiger partial charge in [-0.2, -0.15) is 18.2 Å². The molecule has 0 bridgehead atoms. The third-order valence-corrected chi connectivity index (χ3v) is 7.01. The van der Waals surface area contributed by atoms with Crippen molar-refractivity contribution in [2.75, 3.05) is 51.0 Å². The van der Waals surface area contributed by atoms with Crippen LogP contribution in [0.15, 0.2) is 59.6 Å². The number of aromatic nitrogens is 2. The van der Waals surface area contributed by atoms with E-state index in [9.17, 15) is 18.0 Å². The minimum atomic E-state index is -4.69. The van der Waals surface area contributed by atoms with Gasteiger partial charge >= 0.3 is 6.18 Å². The van der Waals surface area contributed by atoms with Crippen LogP contribution in [0, 0.1) is 0 Å². The number of dihydropyridines is 1. The maximum absolute atomic E-state index is 13.9. The number of aliphatic imine (C=N–C) groups is 1. The highest BCUT2D eigenvalue weighted by Crippen LogP contribution is 2.36. The quantitative estimate of drug-likeness (QED) is 0.437. The van der Waals surface area contributed by atoms with Crippen LogP contribution in [0.5, 0.6) is 0 Å². The van der Waals surface area contributed by atoms with Crippen molar-refractivity contribution < 1.29 is 22.7 Å². The van der Waals surface area contributed by atoms with Crippen LogP contribution in [0.4, 0.5) is 24.9 Å². The Kier molecular flexibility index (Phi) is 8.52. The lowest BCUT2D eigenvalue weighted by atomic mass is 9.91. The van der Waals surface area contributed by atoms with Crippen LogP contribution in [0.25, 0.3) is 0 Å². The molecule has 3 N–H and O–H groups in total. The van der Waals surface area contributed by atoms with E-state index in [0.717, 1.165) is 44.3 Å². The van der Waals surface area contributed by atoms with E-state index < -0.39 is 29.2 Å². The Labute approximate surface area is 231 Å². The summed E-state index contributed by atoms with van der Waals surface area (Å²) in [6.07, 6.45) is 4.49. The Morgan fingerprint density at radius 1 is 1.27 bits per heavy atom. The van der Waals surface area contributed by atoms with Gasteiger partial charge in [0, 0.05) is 44.1 Å². The molecule has 2 aliphatic heterocycles. The second-order valence-corrected chi connectivity index (χ2v) is 10.3. The zero-order chi connectivity index (χ0) is 29.1. The first kappa shape index (κ1) is 29.1. The van der Waals surface area contributed by atoms with E-state index in [1.54, 1.807) is 32.3 Å². The molecule has 1 aromatic rings. The van der Waals surface area contributed by atoms with Crippen molar-refractivity contribution in [1.82, 2.24) is 25.1 Å². The van der Waals surface area contributed by atoms with Crippen LogP contribution in [-0.4, -0.2) is 89.5 Å². The van der Waals surface area contributed by atoms with E-state index in [2.05, 4.69) is 49.3 Å². The zero-order valence-electron chi connectivity index (χ0n) is 23.0. The first-order valence-electron chi connectivity index (χ1n) is 13.0. The zero-order valence-corrected chi connectivity index (χ0v) is 23.0. The molecule has 1 saturated heterocycles. The maximum atomic E-state index is 13.9. The highest BCUT2D eigenvalue weighted by molar-refractivity contribution is 5.94. The number of ether oxygens (including phenoxy) is 1. The van der Waals surface area contributed by atoms with E-state index >= 15 is 0 Å². The number of allylic oxidation sites excluding steroid dienone is 1. The summed E-state index contributed by atoms with van der Waals surface area (Å²) < 4.78 is 47.5. The molecule has 3 atom stereocenters. The van der Waals surface area contributed by atoms with Crippen LogP contribution in [0.2, 0.25) is 0 Å². The minimum absolute atomic E-state index is 0.00679. The molecule has 1 aromatic heterocycles. The third kappa shape index (κ3) is 6.82. The van der Waals surface area contributed by atoms with E-state index in [4.69, 9.17) is 9.73 Å². The molecule has 216 valence electrons. The number of piperazine rings is 1. The van der Waals surface area contributed by atoms with Crippen molar-refractivity contribution in [2.24, 2.45) is 4.99 Å². The molecule has 3 unspecified atom stereocenters. The average molecular weight is 561 g/mol. The molecular weight excluding hydrogens is 525 g/mol. The lowest BCUT2D eigenvalue weighted by molar-refractivity contribution is -0.137. The first-order valence-corrected chi connectivity index (χ1v) is 13.0. The molecule has 10 nitrogen and oxygen atoms in total. The molecule has 4 rings (SSSR count). The minimum Gasteiger partial charge on any atom is -0.499 e.